The van der Waals surface area contributed by atoms with Gasteiger partial charge in [0.1, 0.15) is 11.5 Å². The summed E-state index contributed by atoms with van der Waals surface area (Å²) in [5.41, 5.74) is 1.58. The number of benzene rings is 2. The van der Waals surface area contributed by atoms with Crippen LogP contribution in [0.4, 0.5) is 16.3 Å². The zero-order valence-corrected chi connectivity index (χ0v) is 23.0. The second kappa shape index (κ2) is 13.0. The van der Waals surface area contributed by atoms with Crippen molar-refractivity contribution in [1.82, 2.24) is 25.1 Å². The number of rotatable bonds is 10. The molecule has 1 aliphatic rings. The summed E-state index contributed by atoms with van der Waals surface area (Å²) in [5, 5.41) is 14.9. The minimum Gasteiger partial charge on any atom is -0.465 e. The second-order valence-corrected chi connectivity index (χ2v) is 9.87. The monoisotopic (exact) mass is 545 g/mol. The maximum absolute atomic E-state index is 13.5. The molecule has 1 atom stereocenters. The van der Waals surface area contributed by atoms with Crippen molar-refractivity contribution in [2.24, 2.45) is 0 Å². The van der Waals surface area contributed by atoms with Crippen molar-refractivity contribution in [2.45, 2.75) is 19.4 Å². The van der Waals surface area contributed by atoms with Crippen molar-refractivity contribution < 1.29 is 19.5 Å². The lowest BCUT2D eigenvalue weighted by Crippen LogP contribution is -2.38. The lowest BCUT2D eigenvalue weighted by atomic mass is 10.1. The van der Waals surface area contributed by atoms with E-state index >= 15 is 0 Å². The molecule has 1 fully saturated rings. The number of hydrogen-bond acceptors (Lipinski definition) is 7. The Morgan fingerprint density at radius 1 is 1.00 bits per heavy atom. The van der Waals surface area contributed by atoms with E-state index in [-0.39, 0.29) is 29.8 Å². The van der Waals surface area contributed by atoms with E-state index in [2.05, 4.69) is 25.4 Å². The van der Waals surface area contributed by atoms with E-state index in [0.29, 0.717) is 36.8 Å². The van der Waals surface area contributed by atoms with Crippen LogP contribution in [0, 0.1) is 0 Å². The average molecular weight is 546 g/mol. The summed E-state index contributed by atoms with van der Waals surface area (Å²) in [6.07, 6.45) is -0.479. The highest BCUT2D eigenvalue weighted by Crippen LogP contribution is 2.22. The first-order valence-electron chi connectivity index (χ1n) is 13.3. The Morgan fingerprint density at radius 3 is 2.40 bits per heavy atom. The van der Waals surface area contributed by atoms with Gasteiger partial charge in [-0.15, -0.1) is 0 Å². The fraction of sp³-hybridized carbons (Fsp3) is 0.345. The van der Waals surface area contributed by atoms with E-state index < -0.39 is 12.0 Å². The number of carbonyl (C=O) groups is 3. The first-order valence-corrected chi connectivity index (χ1v) is 13.3. The smallest absolute Gasteiger partial charge is 0.407 e. The minimum absolute atomic E-state index is 0.176. The number of likely N-dealkylation sites (tertiary alicyclic amines) is 1. The van der Waals surface area contributed by atoms with E-state index in [0.717, 1.165) is 18.7 Å². The third-order valence-corrected chi connectivity index (χ3v) is 6.71. The number of para-hydroxylation sites is 1. The van der Waals surface area contributed by atoms with Gasteiger partial charge in [0, 0.05) is 50.4 Å². The Balaban J connectivity index is 1.59. The highest BCUT2D eigenvalue weighted by molar-refractivity contribution is 6.08. The third kappa shape index (κ3) is 7.11. The van der Waals surface area contributed by atoms with E-state index in [9.17, 15) is 19.5 Å². The quantitative estimate of drug-likeness (QED) is 0.354. The van der Waals surface area contributed by atoms with E-state index in [4.69, 9.17) is 4.98 Å². The maximum Gasteiger partial charge on any atom is 0.407 e. The molecule has 1 aliphatic heterocycles. The molecule has 2 aromatic carbocycles. The predicted molar refractivity (Wildman–Crippen MR) is 154 cm³/mol. The molecule has 40 heavy (non-hydrogen) atoms. The van der Waals surface area contributed by atoms with Crippen molar-refractivity contribution in [3.05, 3.63) is 71.9 Å². The zero-order chi connectivity index (χ0) is 28.6. The molecule has 3 aromatic rings. The molecule has 3 amide bonds. The summed E-state index contributed by atoms with van der Waals surface area (Å²) in [6.45, 7) is 4.86. The van der Waals surface area contributed by atoms with Crippen molar-refractivity contribution in [1.29, 1.82) is 0 Å². The number of carbonyl (C=O) groups excluding carboxylic acids is 2. The van der Waals surface area contributed by atoms with Gasteiger partial charge in [0.05, 0.1) is 11.3 Å². The molecule has 0 radical (unpaired) electrons. The lowest BCUT2D eigenvalue weighted by Gasteiger charge is -2.24. The Hall–Kier alpha value is -4.51. The van der Waals surface area contributed by atoms with Crippen LogP contribution in [0.2, 0.25) is 0 Å². The van der Waals surface area contributed by atoms with Crippen LogP contribution in [-0.4, -0.2) is 95.6 Å². The highest BCUT2D eigenvalue weighted by atomic mass is 16.4. The molecule has 210 valence electrons. The second-order valence-electron chi connectivity index (χ2n) is 9.87. The average Bonchev–Trinajstić information content (AvgIpc) is 3.42. The molecule has 1 aromatic heterocycles. The number of nitrogens with zero attached hydrogens (tertiary/aromatic N) is 5. The number of hydrogen-bond donors (Lipinski definition) is 3. The maximum atomic E-state index is 13.5. The molecule has 0 bridgehead atoms. The fourth-order valence-electron chi connectivity index (χ4n) is 4.48. The van der Waals surface area contributed by atoms with Crippen LogP contribution in [0.25, 0.3) is 11.4 Å². The summed E-state index contributed by atoms with van der Waals surface area (Å²) in [4.78, 5) is 52.7. The Labute approximate surface area is 233 Å². The fourth-order valence-corrected chi connectivity index (χ4v) is 4.48. The summed E-state index contributed by atoms with van der Waals surface area (Å²) < 4.78 is 0. The van der Waals surface area contributed by atoms with Crippen LogP contribution in [0.3, 0.4) is 0 Å². The van der Waals surface area contributed by atoms with Gasteiger partial charge < -0.3 is 30.4 Å². The molecule has 11 heteroatoms. The van der Waals surface area contributed by atoms with Crippen molar-refractivity contribution in [3.63, 3.8) is 0 Å². The van der Waals surface area contributed by atoms with Crippen molar-refractivity contribution in [3.8, 4) is 11.4 Å². The summed E-state index contributed by atoms with van der Waals surface area (Å²) in [5.74, 6) is 0.213. The number of aromatic nitrogens is 2. The van der Waals surface area contributed by atoms with Gasteiger partial charge in [0.15, 0.2) is 5.82 Å². The molecule has 0 saturated carbocycles. The van der Waals surface area contributed by atoms with Crippen LogP contribution in [0.15, 0.2) is 60.7 Å². The zero-order valence-electron chi connectivity index (χ0n) is 23.0. The van der Waals surface area contributed by atoms with Crippen LogP contribution in [0.1, 0.15) is 34.2 Å². The van der Waals surface area contributed by atoms with E-state index in [1.54, 1.807) is 30.3 Å². The Kier molecular flexibility index (Phi) is 9.28. The topological polar surface area (TPSA) is 131 Å². The number of amides is 3. The van der Waals surface area contributed by atoms with Gasteiger partial charge >= 0.3 is 6.09 Å². The molecule has 2 heterocycles. The van der Waals surface area contributed by atoms with Crippen LogP contribution >= 0.6 is 0 Å². The lowest BCUT2D eigenvalue weighted by molar-refractivity contribution is 0.0936. The Morgan fingerprint density at radius 2 is 1.73 bits per heavy atom. The first kappa shape index (κ1) is 28.5. The molecule has 0 aliphatic carbocycles. The molecule has 1 saturated heterocycles. The van der Waals surface area contributed by atoms with Gasteiger partial charge in [-0.05, 0) is 39.6 Å². The molecule has 4 rings (SSSR count). The van der Waals surface area contributed by atoms with E-state index in [1.165, 1.54) is 4.90 Å². The summed E-state index contributed by atoms with van der Waals surface area (Å²) in [6, 6.07) is 17.6. The standard InChI is InChI=1S/C29H35N7O4/c1-4-35(17-16-34(2)3)25-18-24(31-26(33-25)20-10-6-5-7-11-20)28(38)32-23-13-9-8-12-22(23)27(37)30-21-14-15-36(19-21)29(39)40/h5-13,18,21H,4,14-17,19H2,1-3H3,(H,30,37)(H,32,38)(H,39,40). The van der Waals surface area contributed by atoms with Gasteiger partial charge in [0.2, 0.25) is 0 Å². The van der Waals surface area contributed by atoms with Crippen LogP contribution in [-0.2, 0) is 0 Å². The molecule has 1 unspecified atom stereocenters. The van der Waals surface area contributed by atoms with Crippen LogP contribution < -0.4 is 15.5 Å². The third-order valence-electron chi connectivity index (χ3n) is 6.71. The minimum atomic E-state index is -1.01. The predicted octanol–water partition coefficient (Wildman–Crippen LogP) is 3.27. The largest absolute Gasteiger partial charge is 0.465 e. The molecule has 3 N–H and O–H groups in total. The molecular formula is C29H35N7O4. The molecule has 11 nitrogen and oxygen atoms in total. The summed E-state index contributed by atoms with van der Waals surface area (Å²) >= 11 is 0. The number of nitrogens with one attached hydrogen (secondary N) is 2. The van der Waals surface area contributed by atoms with E-state index in [1.807, 2.05) is 51.4 Å². The first-order chi connectivity index (χ1) is 19.2. The number of likely N-dealkylation sites (N-methyl/N-ethyl adjacent to an activating group) is 2. The van der Waals surface area contributed by atoms with Gasteiger partial charge in [-0.25, -0.2) is 14.8 Å². The molecule has 0 spiro atoms. The van der Waals surface area contributed by atoms with Gasteiger partial charge in [-0.2, -0.15) is 0 Å². The van der Waals surface area contributed by atoms with Crippen LogP contribution in [0.5, 0.6) is 0 Å². The number of carboxylic acid groups (broad SMARTS) is 1. The van der Waals surface area contributed by atoms with Crippen molar-refractivity contribution >= 4 is 29.4 Å². The highest BCUT2D eigenvalue weighted by Gasteiger charge is 2.28. The van der Waals surface area contributed by atoms with Gasteiger partial charge in [-0.3, -0.25) is 9.59 Å². The van der Waals surface area contributed by atoms with Gasteiger partial charge in [-0.1, -0.05) is 42.5 Å². The summed E-state index contributed by atoms with van der Waals surface area (Å²) in [7, 11) is 4.01. The van der Waals surface area contributed by atoms with Gasteiger partial charge in [0.25, 0.3) is 11.8 Å². The normalized spacial score (nSPS) is 14.7. The SMILES string of the molecule is CCN(CCN(C)C)c1cc(C(=O)Nc2ccccc2C(=O)NC2CCN(C(=O)O)C2)nc(-c2ccccc2)n1. The molecular weight excluding hydrogens is 510 g/mol. The Bertz CT molecular complexity index is 1350. The number of anilines is 2. The van der Waals surface area contributed by atoms with Crippen molar-refractivity contribution in [2.75, 3.05) is 57.0 Å².